The number of thiazole rings is 1. The molecule has 54 valence electrons. The zero-order chi connectivity index (χ0) is 7.26. The largest absolute Gasteiger partial charge is 0.259 e. The molecule has 0 unspecified atom stereocenters. The molecule has 3 aromatic heterocycles. The van der Waals surface area contributed by atoms with Crippen LogP contribution in [0.25, 0.3) is 10.7 Å². The first-order chi connectivity index (χ1) is 5.45. The lowest BCUT2D eigenvalue weighted by Crippen LogP contribution is -1.79. The molecule has 0 spiro atoms. The lowest BCUT2D eigenvalue weighted by atomic mass is 10.9. The third kappa shape index (κ3) is 0.537. The zero-order valence-electron chi connectivity index (χ0n) is 5.51. The van der Waals surface area contributed by atoms with Gasteiger partial charge in [0.25, 0.3) is 0 Å². The van der Waals surface area contributed by atoms with Gasteiger partial charge in [-0.1, -0.05) is 0 Å². The van der Waals surface area contributed by atoms with Crippen molar-refractivity contribution in [2.24, 2.45) is 0 Å². The Balaban J connectivity index is 2.75. The van der Waals surface area contributed by atoms with Gasteiger partial charge < -0.3 is 0 Å². The highest BCUT2D eigenvalue weighted by atomic mass is 32.1. The normalized spacial score (nSPS) is 11.6. The molecule has 4 nitrogen and oxygen atoms in total. The molecule has 0 radical (unpaired) electrons. The molecular formula is C6H4N4S. The summed E-state index contributed by atoms with van der Waals surface area (Å²) in [4.78, 5) is 5.13. The second-order valence-electron chi connectivity index (χ2n) is 2.23. The number of hydrogen-bond acceptors (Lipinski definition) is 3. The summed E-state index contributed by atoms with van der Waals surface area (Å²) in [6.07, 6.45) is 5.55. The van der Waals surface area contributed by atoms with Crippen molar-refractivity contribution >= 4 is 22.1 Å². The summed E-state index contributed by atoms with van der Waals surface area (Å²) in [6.45, 7) is 0. The standard InChI is InChI=1S/C6H4N4S/c1-2-10-5(7-1)9-3-4-11-6(9)8-10/h1-4H. The maximum absolute atomic E-state index is 4.27. The maximum Gasteiger partial charge on any atom is 0.237 e. The summed E-state index contributed by atoms with van der Waals surface area (Å²) in [6, 6.07) is 0. The Kier molecular flexibility index (Phi) is 0.783. The Morgan fingerprint density at radius 2 is 2.36 bits per heavy atom. The fourth-order valence-electron chi connectivity index (χ4n) is 1.13. The molecule has 0 N–H and O–H groups in total. The summed E-state index contributed by atoms with van der Waals surface area (Å²) in [7, 11) is 0. The van der Waals surface area contributed by atoms with E-state index in [0.717, 1.165) is 10.7 Å². The van der Waals surface area contributed by atoms with Crippen molar-refractivity contribution in [2.45, 2.75) is 0 Å². The van der Waals surface area contributed by atoms with Crippen molar-refractivity contribution in [3.05, 3.63) is 24.0 Å². The van der Waals surface area contributed by atoms with Gasteiger partial charge in [-0.05, 0) is 0 Å². The highest BCUT2D eigenvalue weighted by Gasteiger charge is 2.03. The molecule has 0 fully saturated rings. The molecular weight excluding hydrogens is 160 g/mol. The second kappa shape index (κ2) is 1.62. The lowest BCUT2D eigenvalue weighted by molar-refractivity contribution is 0.996. The van der Waals surface area contributed by atoms with Gasteiger partial charge in [-0.2, -0.15) is 0 Å². The van der Waals surface area contributed by atoms with Crippen molar-refractivity contribution in [2.75, 3.05) is 0 Å². The Morgan fingerprint density at radius 1 is 1.36 bits per heavy atom. The van der Waals surface area contributed by atoms with Crippen LogP contribution >= 0.6 is 11.3 Å². The first kappa shape index (κ1) is 5.31. The van der Waals surface area contributed by atoms with Gasteiger partial charge in [-0.15, -0.1) is 16.4 Å². The molecule has 0 aliphatic heterocycles. The highest BCUT2D eigenvalue weighted by molar-refractivity contribution is 7.15. The van der Waals surface area contributed by atoms with E-state index >= 15 is 0 Å². The number of hydrogen-bond donors (Lipinski definition) is 0. The van der Waals surface area contributed by atoms with Gasteiger partial charge >= 0.3 is 0 Å². The van der Waals surface area contributed by atoms with Gasteiger partial charge in [0.05, 0.1) is 6.20 Å². The third-order valence-electron chi connectivity index (χ3n) is 1.60. The fourth-order valence-corrected chi connectivity index (χ4v) is 1.82. The maximum atomic E-state index is 4.27. The summed E-state index contributed by atoms with van der Waals surface area (Å²) < 4.78 is 3.73. The van der Waals surface area contributed by atoms with Crippen LogP contribution in [-0.4, -0.2) is 19.0 Å². The molecule has 3 aromatic rings. The smallest absolute Gasteiger partial charge is 0.237 e. The van der Waals surface area contributed by atoms with Gasteiger partial charge in [0.1, 0.15) is 0 Å². The van der Waals surface area contributed by atoms with Crippen LogP contribution in [-0.2, 0) is 0 Å². The number of aromatic nitrogens is 4. The minimum atomic E-state index is 0.876. The quantitative estimate of drug-likeness (QED) is 0.497. The van der Waals surface area contributed by atoms with E-state index in [0.29, 0.717) is 0 Å². The second-order valence-corrected chi connectivity index (χ2v) is 3.10. The molecule has 0 bridgehead atoms. The Bertz CT molecular complexity index is 457. The number of imidazole rings is 1. The molecule has 0 saturated heterocycles. The van der Waals surface area contributed by atoms with Crippen LogP contribution < -0.4 is 0 Å². The monoisotopic (exact) mass is 164 g/mol. The van der Waals surface area contributed by atoms with Gasteiger partial charge in [-0.25, -0.2) is 9.50 Å². The third-order valence-corrected chi connectivity index (χ3v) is 2.35. The Labute approximate surface area is 65.7 Å². The Hall–Kier alpha value is -1.36. The molecule has 0 saturated carbocycles. The minimum absolute atomic E-state index is 0.876. The number of fused-ring (bicyclic) bond motifs is 3. The summed E-state index contributed by atoms with van der Waals surface area (Å²) >= 11 is 1.61. The van der Waals surface area contributed by atoms with E-state index in [1.807, 2.05) is 22.2 Å². The highest BCUT2D eigenvalue weighted by Crippen LogP contribution is 2.11. The zero-order valence-corrected chi connectivity index (χ0v) is 6.32. The first-order valence-electron chi connectivity index (χ1n) is 3.20. The van der Waals surface area contributed by atoms with Gasteiger partial charge in [0.15, 0.2) is 0 Å². The Morgan fingerprint density at radius 3 is 3.36 bits per heavy atom. The van der Waals surface area contributed by atoms with E-state index < -0.39 is 0 Å². The van der Waals surface area contributed by atoms with E-state index in [1.54, 1.807) is 22.0 Å². The molecule has 11 heavy (non-hydrogen) atoms. The van der Waals surface area contributed by atoms with Gasteiger partial charge in [0, 0.05) is 17.8 Å². The first-order valence-corrected chi connectivity index (χ1v) is 4.08. The number of rotatable bonds is 0. The van der Waals surface area contributed by atoms with E-state index in [9.17, 15) is 0 Å². The predicted octanol–water partition coefficient (Wildman–Crippen LogP) is 1.04. The van der Waals surface area contributed by atoms with Crippen LogP contribution in [0.15, 0.2) is 24.0 Å². The summed E-state index contributed by atoms with van der Waals surface area (Å²) in [5.74, 6) is 0.876. The number of nitrogens with zero attached hydrogens (tertiary/aromatic N) is 4. The van der Waals surface area contributed by atoms with E-state index in [2.05, 4.69) is 10.1 Å². The van der Waals surface area contributed by atoms with Crippen LogP contribution in [0.1, 0.15) is 0 Å². The predicted molar refractivity (Wildman–Crippen MR) is 41.8 cm³/mol. The lowest BCUT2D eigenvalue weighted by Gasteiger charge is -1.77. The van der Waals surface area contributed by atoms with Crippen molar-refractivity contribution in [1.82, 2.24) is 19.0 Å². The van der Waals surface area contributed by atoms with Crippen LogP contribution in [0, 0.1) is 0 Å². The van der Waals surface area contributed by atoms with E-state index in [-0.39, 0.29) is 0 Å². The van der Waals surface area contributed by atoms with Crippen LogP contribution in [0.3, 0.4) is 0 Å². The molecule has 0 aromatic carbocycles. The molecule has 0 aliphatic rings. The van der Waals surface area contributed by atoms with Crippen LogP contribution in [0.4, 0.5) is 0 Å². The minimum Gasteiger partial charge on any atom is -0.259 e. The van der Waals surface area contributed by atoms with Crippen LogP contribution in [0.5, 0.6) is 0 Å². The molecule has 0 atom stereocenters. The fraction of sp³-hybridized carbons (Fsp3) is 0. The van der Waals surface area contributed by atoms with Crippen LogP contribution in [0.2, 0.25) is 0 Å². The van der Waals surface area contributed by atoms with E-state index in [4.69, 9.17) is 0 Å². The van der Waals surface area contributed by atoms with Gasteiger partial charge in [0.2, 0.25) is 10.7 Å². The van der Waals surface area contributed by atoms with Crippen molar-refractivity contribution < 1.29 is 0 Å². The topological polar surface area (TPSA) is 34.6 Å². The van der Waals surface area contributed by atoms with Gasteiger partial charge in [-0.3, -0.25) is 4.40 Å². The van der Waals surface area contributed by atoms with Crippen molar-refractivity contribution in [3.63, 3.8) is 0 Å². The van der Waals surface area contributed by atoms with Crippen molar-refractivity contribution in [3.8, 4) is 0 Å². The average molecular weight is 164 g/mol. The average Bonchev–Trinajstić information content (AvgIpc) is 2.52. The molecule has 3 rings (SSSR count). The van der Waals surface area contributed by atoms with Crippen molar-refractivity contribution in [1.29, 1.82) is 0 Å². The molecule has 3 heterocycles. The summed E-state index contributed by atoms with van der Waals surface area (Å²) in [5, 5.41) is 6.27. The molecule has 5 heteroatoms. The molecule has 0 aliphatic carbocycles. The summed E-state index contributed by atoms with van der Waals surface area (Å²) in [5.41, 5.74) is 0. The molecule has 0 amide bonds. The van der Waals surface area contributed by atoms with E-state index in [1.165, 1.54) is 0 Å². The SMILES string of the molecule is c1cn2nc3sccn3c2n1.